The number of nitrogens with one attached hydrogen (secondary N) is 3. The number of amides is 1. The normalized spacial score (nSPS) is 17.9. The lowest BCUT2D eigenvalue weighted by Gasteiger charge is -2.36. The molecular formula is C23H31F6N7OS. The molecule has 0 spiro atoms. The van der Waals surface area contributed by atoms with Crippen LogP contribution in [0.4, 0.5) is 37.7 Å². The van der Waals surface area contributed by atoms with Crippen LogP contribution in [0, 0.1) is 10.8 Å². The van der Waals surface area contributed by atoms with Crippen molar-refractivity contribution in [1.82, 2.24) is 14.7 Å². The smallest absolute Gasteiger partial charge is 0.398 e. The van der Waals surface area contributed by atoms with Crippen molar-refractivity contribution in [2.75, 3.05) is 56.9 Å². The molecular weight excluding hydrogens is 536 g/mol. The lowest BCUT2D eigenvalue weighted by Crippen LogP contribution is -2.48. The number of halogens is 6. The maximum absolute atomic E-state index is 13.1. The molecule has 3 rings (SSSR count). The van der Waals surface area contributed by atoms with Crippen LogP contribution >= 0.6 is 11.8 Å². The van der Waals surface area contributed by atoms with E-state index >= 15 is 0 Å². The van der Waals surface area contributed by atoms with Gasteiger partial charge in [-0.15, -0.1) is 0 Å². The predicted molar refractivity (Wildman–Crippen MR) is 135 cm³/mol. The molecule has 0 atom stereocenters. The van der Waals surface area contributed by atoms with Gasteiger partial charge in [0.05, 0.1) is 5.56 Å². The van der Waals surface area contributed by atoms with Gasteiger partial charge in [0.1, 0.15) is 0 Å². The number of rotatable bonds is 6. The van der Waals surface area contributed by atoms with E-state index in [1.165, 1.54) is 17.0 Å². The molecule has 0 unspecified atom stereocenters. The van der Waals surface area contributed by atoms with Crippen molar-refractivity contribution in [3.05, 3.63) is 23.8 Å². The van der Waals surface area contributed by atoms with Gasteiger partial charge in [0.25, 0.3) is 0 Å². The van der Waals surface area contributed by atoms with Crippen LogP contribution in [0.2, 0.25) is 0 Å². The molecule has 1 aromatic carbocycles. The van der Waals surface area contributed by atoms with Gasteiger partial charge in [0, 0.05) is 63.1 Å². The van der Waals surface area contributed by atoms with E-state index in [4.69, 9.17) is 16.6 Å². The van der Waals surface area contributed by atoms with Crippen molar-refractivity contribution < 1.29 is 31.1 Å². The Morgan fingerprint density at radius 2 is 1.63 bits per heavy atom. The molecule has 2 aliphatic heterocycles. The highest BCUT2D eigenvalue weighted by molar-refractivity contribution is 8.26. The minimum absolute atomic E-state index is 0.0118. The summed E-state index contributed by atoms with van der Waals surface area (Å²) in [6.45, 7) is 3.51. The number of carbonyl (C=O) groups excluding carboxylic acids is 1. The summed E-state index contributed by atoms with van der Waals surface area (Å²) in [5, 5.41) is 16.1. The number of benzene rings is 1. The molecule has 0 radical (unpaired) electrons. The lowest BCUT2D eigenvalue weighted by molar-refractivity contribution is -0.137. The van der Waals surface area contributed by atoms with Gasteiger partial charge in [-0.2, -0.15) is 26.3 Å². The Balaban J connectivity index is 1.33. The molecule has 0 aliphatic carbocycles. The van der Waals surface area contributed by atoms with E-state index in [2.05, 4.69) is 10.2 Å². The summed E-state index contributed by atoms with van der Waals surface area (Å²) in [4.78, 5) is 18.0. The van der Waals surface area contributed by atoms with Crippen molar-refractivity contribution >= 4 is 39.3 Å². The summed E-state index contributed by atoms with van der Waals surface area (Å²) in [7, 11) is 0. The minimum Gasteiger partial charge on any atom is -0.398 e. The molecule has 38 heavy (non-hydrogen) atoms. The second kappa shape index (κ2) is 12.5. The minimum atomic E-state index is -4.76. The monoisotopic (exact) mass is 567 g/mol. The Morgan fingerprint density at radius 1 is 1.00 bits per heavy atom. The average molecular weight is 568 g/mol. The highest BCUT2D eigenvalue weighted by Crippen LogP contribution is 2.35. The Labute approximate surface area is 220 Å². The fraction of sp³-hybridized carbons (Fsp3) is 0.609. The fourth-order valence-electron chi connectivity index (χ4n) is 4.41. The number of thioether (sulfide) groups is 1. The van der Waals surface area contributed by atoms with E-state index in [0.717, 1.165) is 6.07 Å². The molecule has 2 fully saturated rings. The Bertz CT molecular complexity index is 1000. The molecule has 212 valence electrons. The number of hydrogen-bond acceptors (Lipinski definition) is 7. The zero-order valence-electron chi connectivity index (χ0n) is 20.6. The summed E-state index contributed by atoms with van der Waals surface area (Å²) in [6, 6.07) is 3.68. The first-order valence-corrected chi connectivity index (χ1v) is 13.0. The first-order valence-electron chi connectivity index (χ1n) is 12.1. The van der Waals surface area contributed by atoms with Crippen molar-refractivity contribution in [1.29, 1.82) is 10.8 Å². The van der Waals surface area contributed by atoms with Gasteiger partial charge in [-0.3, -0.25) is 20.5 Å². The second-order valence-electron chi connectivity index (χ2n) is 9.27. The Kier molecular flexibility index (Phi) is 9.79. The third-order valence-electron chi connectivity index (χ3n) is 6.56. The van der Waals surface area contributed by atoms with E-state index in [0.29, 0.717) is 77.2 Å². The van der Waals surface area contributed by atoms with Crippen molar-refractivity contribution in [3.63, 3.8) is 0 Å². The number of nitrogens with zero attached hydrogens (tertiary/aromatic N) is 3. The first kappa shape index (κ1) is 29.9. The highest BCUT2D eigenvalue weighted by atomic mass is 32.2. The molecule has 0 saturated carbocycles. The summed E-state index contributed by atoms with van der Waals surface area (Å²) < 4.78 is 76.8. The Hall–Kier alpha value is -2.68. The standard InChI is InChI=1S/C23H31F6N7OS/c24-22(25,26)17-14-16(3-4-18(17)30)33-15-5-8-35(9-6-15)19(37)2-1-7-34-10-12-36(13-11-34)21(32)38-20(31)23(27,28)29/h3-4,14-15,31-33H,1-2,5-13,30H2. The molecule has 15 heteroatoms. The van der Waals surface area contributed by atoms with Gasteiger partial charge in [-0.25, -0.2) is 0 Å². The van der Waals surface area contributed by atoms with Gasteiger partial charge in [-0.1, -0.05) is 0 Å². The number of piperidine rings is 1. The van der Waals surface area contributed by atoms with Gasteiger partial charge in [0.15, 0.2) is 10.2 Å². The number of likely N-dealkylation sites (tertiary alicyclic amines) is 1. The molecule has 8 nitrogen and oxygen atoms in total. The van der Waals surface area contributed by atoms with Crippen LogP contribution < -0.4 is 11.1 Å². The van der Waals surface area contributed by atoms with Crippen LogP contribution in [0.5, 0.6) is 0 Å². The van der Waals surface area contributed by atoms with Crippen LogP contribution in [-0.4, -0.2) is 88.8 Å². The van der Waals surface area contributed by atoms with Crippen molar-refractivity contribution in [2.45, 2.75) is 44.1 Å². The number of alkyl halides is 6. The van der Waals surface area contributed by atoms with E-state index in [-0.39, 0.29) is 34.6 Å². The third kappa shape index (κ3) is 8.41. The SMILES string of the molecule is N=C(SC(=N)C(F)(F)F)N1CCN(CCCC(=O)N2CCC(Nc3ccc(N)c(C(F)(F)F)c3)CC2)CC1. The maximum Gasteiger partial charge on any atom is 0.439 e. The lowest BCUT2D eigenvalue weighted by atomic mass is 10.0. The largest absolute Gasteiger partial charge is 0.439 e. The van der Waals surface area contributed by atoms with Crippen molar-refractivity contribution in [2.24, 2.45) is 0 Å². The second-order valence-corrected chi connectivity index (χ2v) is 10.3. The number of nitrogens with two attached hydrogens (primary N) is 1. The summed E-state index contributed by atoms with van der Waals surface area (Å²) in [5.41, 5.74) is 4.58. The van der Waals surface area contributed by atoms with Gasteiger partial charge in [0.2, 0.25) is 5.91 Å². The molecule has 0 bridgehead atoms. The molecule has 2 saturated heterocycles. The average Bonchev–Trinajstić information content (AvgIpc) is 2.84. The van der Waals surface area contributed by atoms with E-state index in [1.807, 2.05) is 0 Å². The van der Waals surface area contributed by atoms with E-state index < -0.39 is 23.0 Å². The van der Waals surface area contributed by atoms with Crippen LogP contribution in [0.25, 0.3) is 0 Å². The number of hydrogen-bond donors (Lipinski definition) is 4. The van der Waals surface area contributed by atoms with Crippen molar-refractivity contribution in [3.8, 4) is 0 Å². The number of anilines is 2. The van der Waals surface area contributed by atoms with Crippen LogP contribution in [0.3, 0.4) is 0 Å². The number of carbonyl (C=O) groups is 1. The predicted octanol–water partition coefficient (Wildman–Crippen LogP) is 4.30. The highest BCUT2D eigenvalue weighted by Gasteiger charge is 2.37. The van der Waals surface area contributed by atoms with Gasteiger partial charge in [-0.05, 0) is 55.8 Å². The van der Waals surface area contributed by atoms with E-state index in [9.17, 15) is 31.1 Å². The summed E-state index contributed by atoms with van der Waals surface area (Å²) in [6.07, 6.45) is -7.11. The molecule has 0 aromatic heterocycles. The van der Waals surface area contributed by atoms with Crippen LogP contribution in [0.1, 0.15) is 31.2 Å². The van der Waals surface area contributed by atoms with Crippen LogP contribution in [-0.2, 0) is 11.0 Å². The zero-order chi connectivity index (χ0) is 28.1. The van der Waals surface area contributed by atoms with E-state index in [1.54, 1.807) is 4.90 Å². The molecule has 5 N–H and O–H groups in total. The summed E-state index contributed by atoms with van der Waals surface area (Å²) in [5.74, 6) is 0.0118. The van der Waals surface area contributed by atoms with Gasteiger partial charge >= 0.3 is 12.4 Å². The molecule has 1 amide bonds. The number of nitrogen functional groups attached to an aromatic ring is 1. The Morgan fingerprint density at radius 3 is 2.21 bits per heavy atom. The first-order chi connectivity index (χ1) is 17.7. The van der Waals surface area contributed by atoms with Crippen LogP contribution in [0.15, 0.2) is 18.2 Å². The fourth-order valence-corrected chi connectivity index (χ4v) is 5.03. The number of piperazine rings is 1. The number of amidine groups is 1. The van der Waals surface area contributed by atoms with Gasteiger partial charge < -0.3 is 20.9 Å². The molecule has 2 aliphatic rings. The summed E-state index contributed by atoms with van der Waals surface area (Å²) >= 11 is 0.0985. The quantitative estimate of drug-likeness (QED) is 0.177. The topological polar surface area (TPSA) is 113 Å². The third-order valence-corrected chi connectivity index (χ3v) is 7.44. The molecule has 1 aromatic rings. The zero-order valence-corrected chi connectivity index (χ0v) is 21.4. The maximum atomic E-state index is 13.1. The molecule has 2 heterocycles.